The van der Waals surface area contributed by atoms with Gasteiger partial charge in [-0.1, -0.05) is 72.6 Å². The summed E-state index contributed by atoms with van der Waals surface area (Å²) < 4.78 is 8.03. The summed E-state index contributed by atoms with van der Waals surface area (Å²) in [6.45, 7) is 4.86. The van der Waals surface area contributed by atoms with Gasteiger partial charge in [0, 0.05) is 37.3 Å². The zero-order valence-electron chi connectivity index (χ0n) is 26.1. The van der Waals surface area contributed by atoms with E-state index >= 15 is 0 Å². The molecule has 1 aliphatic heterocycles. The first-order chi connectivity index (χ1) is 21.2. The minimum Gasteiger partial charge on any atom is 0 e. The minimum absolute atomic E-state index is 0. The Hall–Kier alpha value is -3.61. The van der Waals surface area contributed by atoms with Crippen LogP contribution in [0.2, 0.25) is 30.4 Å². The number of nitrogens with zero attached hydrogens (tertiary/aromatic N) is 2. The third kappa shape index (κ3) is 5.68. The third-order valence-electron chi connectivity index (χ3n) is 8.68. The Labute approximate surface area is 282 Å². The van der Waals surface area contributed by atoms with E-state index in [2.05, 4.69) is 107 Å². The van der Waals surface area contributed by atoms with Crippen LogP contribution in [0.1, 0.15) is 0 Å². The van der Waals surface area contributed by atoms with Crippen molar-refractivity contribution in [2.75, 3.05) is 0 Å². The maximum Gasteiger partial charge on any atom is 0 e. The van der Waals surface area contributed by atoms with Gasteiger partial charge in [0.25, 0.3) is 0 Å². The molecule has 0 saturated heterocycles. The van der Waals surface area contributed by atoms with Crippen LogP contribution in [-0.4, -0.2) is 31.3 Å². The molecule has 0 atom stereocenters. The van der Waals surface area contributed by atoms with Crippen molar-refractivity contribution in [1.29, 1.82) is 0 Å². The summed E-state index contributed by atoms with van der Waals surface area (Å²) >= 11 is -1.72. The molecule has 8 rings (SSSR count). The van der Waals surface area contributed by atoms with Gasteiger partial charge in [0.1, 0.15) is 13.7 Å². The molecule has 45 heavy (non-hydrogen) atoms. The van der Waals surface area contributed by atoms with Gasteiger partial charge < -0.3 is 9.40 Å². The number of fused-ring (bicyclic) bond motifs is 7. The standard InChI is InChI=1S/C25H18NOSi.C14H16GeN.Ir/c1-28(2)21-12-4-3-8-19(21)23-22(28)14-13-17-16-9-7-10-18(24(16)27-25(17)23)20-11-5-6-15-26-20;1-15(2,3)13-9-10-14(16-11-13)12-7-5-4-6-8-12;/h3-9,11-15H,1-2H3;4-7,9-11H,1-3H3;/q2*-1;. The van der Waals surface area contributed by atoms with Crippen molar-refractivity contribution in [3.8, 4) is 33.6 Å². The average Bonchev–Trinajstić information content (AvgIpc) is 3.54. The average molecular weight is 840 g/mol. The molecule has 0 bridgehead atoms. The number of hydrogen-bond donors (Lipinski definition) is 0. The van der Waals surface area contributed by atoms with Crippen molar-refractivity contribution < 1.29 is 24.5 Å². The molecule has 0 N–H and O–H groups in total. The van der Waals surface area contributed by atoms with E-state index in [1.54, 1.807) is 0 Å². The number of rotatable bonds is 3. The molecular weight excluding hydrogens is 805 g/mol. The smallest absolute Gasteiger partial charge is 0 e. The molecule has 6 heteroatoms. The van der Waals surface area contributed by atoms with Crippen molar-refractivity contribution in [3.63, 3.8) is 0 Å². The number of furan rings is 1. The molecule has 1 aliphatic rings. The second-order valence-electron chi connectivity index (χ2n) is 12.9. The minimum atomic E-state index is -1.72. The Kier molecular flexibility index (Phi) is 8.57. The number of aromatic nitrogens is 2. The van der Waals surface area contributed by atoms with Crippen LogP contribution in [0, 0.1) is 12.1 Å². The molecule has 3 nitrogen and oxygen atoms in total. The fourth-order valence-electron chi connectivity index (χ4n) is 6.24. The normalized spacial score (nSPS) is 13.0. The monoisotopic (exact) mass is 841 g/mol. The quantitative estimate of drug-likeness (QED) is 0.133. The van der Waals surface area contributed by atoms with Crippen LogP contribution in [0.5, 0.6) is 0 Å². The SMILES string of the molecule is C[Si]1(C)c2ccccc2-c2c1ccc1c2oc2c(-c3ccccn3)[c-]ccc21.[CH3][Ge]([CH3])([CH3])[c]1ccc(-c2[c-]cccc2)nc1.[Ir]. The van der Waals surface area contributed by atoms with Gasteiger partial charge in [-0.15, -0.1) is 18.2 Å². The fraction of sp³-hybridized carbons (Fsp3) is 0.128. The predicted octanol–water partition coefficient (Wildman–Crippen LogP) is 8.34. The Morgan fingerprint density at radius 1 is 0.667 bits per heavy atom. The fourth-order valence-corrected chi connectivity index (χ4v) is 11.5. The largest absolute Gasteiger partial charge is 0 e. The predicted molar refractivity (Wildman–Crippen MR) is 189 cm³/mol. The Bertz CT molecular complexity index is 2120. The van der Waals surface area contributed by atoms with Gasteiger partial charge in [-0.05, 0) is 27.7 Å². The molecule has 4 aromatic carbocycles. The van der Waals surface area contributed by atoms with Gasteiger partial charge in [-0.25, -0.2) is 0 Å². The first-order valence-corrected chi connectivity index (χ1v) is 25.4. The summed E-state index contributed by atoms with van der Waals surface area (Å²) in [6, 6.07) is 42.2. The van der Waals surface area contributed by atoms with Crippen molar-refractivity contribution >= 4 is 58.0 Å². The van der Waals surface area contributed by atoms with Gasteiger partial charge in [0.2, 0.25) is 0 Å². The molecule has 1 radical (unpaired) electrons. The summed E-state index contributed by atoms with van der Waals surface area (Å²) in [5, 5.41) is 5.25. The van der Waals surface area contributed by atoms with Crippen LogP contribution in [0.3, 0.4) is 0 Å². The van der Waals surface area contributed by atoms with E-state index in [1.807, 2.05) is 60.9 Å². The van der Waals surface area contributed by atoms with Crippen LogP contribution in [0.25, 0.3) is 55.6 Å². The maximum atomic E-state index is 6.58. The van der Waals surface area contributed by atoms with Crippen LogP contribution in [0.4, 0.5) is 0 Å². The first kappa shape index (κ1) is 31.4. The van der Waals surface area contributed by atoms with E-state index < -0.39 is 21.3 Å². The molecular formula is C39H34GeIrN2OSi-2. The molecule has 3 aromatic heterocycles. The molecule has 0 saturated carbocycles. The topological polar surface area (TPSA) is 38.9 Å². The molecule has 0 spiro atoms. The van der Waals surface area contributed by atoms with E-state index in [-0.39, 0.29) is 20.1 Å². The second kappa shape index (κ2) is 12.3. The molecule has 0 unspecified atom stereocenters. The van der Waals surface area contributed by atoms with Gasteiger partial charge in [0.15, 0.2) is 0 Å². The Morgan fingerprint density at radius 3 is 2.16 bits per heavy atom. The van der Waals surface area contributed by atoms with E-state index in [9.17, 15) is 0 Å². The van der Waals surface area contributed by atoms with Crippen LogP contribution in [-0.2, 0) is 20.1 Å². The van der Waals surface area contributed by atoms with E-state index in [0.717, 1.165) is 39.1 Å². The van der Waals surface area contributed by atoms with Gasteiger partial charge in [0.05, 0.1) is 5.58 Å². The summed E-state index contributed by atoms with van der Waals surface area (Å²) in [7, 11) is -1.71. The maximum absolute atomic E-state index is 6.58. The van der Waals surface area contributed by atoms with Gasteiger partial charge in [-0.3, -0.25) is 0 Å². The summed E-state index contributed by atoms with van der Waals surface area (Å²) in [6.07, 6.45) is 3.85. The van der Waals surface area contributed by atoms with E-state index in [4.69, 9.17) is 4.42 Å². The first-order valence-electron chi connectivity index (χ1n) is 15.1. The number of hydrogen-bond acceptors (Lipinski definition) is 3. The third-order valence-corrected chi connectivity index (χ3v) is 16.5. The molecule has 0 amide bonds. The number of benzene rings is 4. The zero-order valence-corrected chi connectivity index (χ0v) is 31.6. The molecule has 7 aromatic rings. The molecule has 0 fully saturated rings. The van der Waals surface area contributed by atoms with Crippen LogP contribution < -0.4 is 14.8 Å². The Morgan fingerprint density at radius 2 is 1.44 bits per heavy atom. The van der Waals surface area contributed by atoms with E-state index in [1.165, 1.54) is 31.3 Å². The van der Waals surface area contributed by atoms with Crippen LogP contribution in [0.15, 0.2) is 120 Å². The summed E-state index contributed by atoms with van der Waals surface area (Å²) in [5.74, 6) is 7.14. The van der Waals surface area contributed by atoms with Crippen molar-refractivity contribution in [3.05, 3.63) is 128 Å². The van der Waals surface area contributed by atoms with Crippen LogP contribution >= 0.6 is 0 Å². The molecule has 4 heterocycles. The number of pyridine rings is 2. The summed E-state index contributed by atoms with van der Waals surface area (Å²) in [5.41, 5.74) is 8.37. The zero-order chi connectivity index (χ0) is 30.5. The second-order valence-corrected chi connectivity index (χ2v) is 27.9. The molecule has 225 valence electrons. The van der Waals surface area contributed by atoms with Crippen molar-refractivity contribution in [2.24, 2.45) is 0 Å². The molecule has 0 aliphatic carbocycles. The van der Waals surface area contributed by atoms with Crippen molar-refractivity contribution in [1.82, 2.24) is 9.97 Å². The Balaban J connectivity index is 0.000000181. The van der Waals surface area contributed by atoms with E-state index in [0.29, 0.717) is 0 Å². The van der Waals surface area contributed by atoms with Gasteiger partial charge >= 0.3 is 99.8 Å². The van der Waals surface area contributed by atoms with Gasteiger partial charge in [-0.2, -0.15) is 0 Å². The summed E-state index contributed by atoms with van der Waals surface area (Å²) in [4.78, 5) is 9.05. The van der Waals surface area contributed by atoms with Crippen molar-refractivity contribution in [2.45, 2.75) is 30.4 Å².